The van der Waals surface area contributed by atoms with E-state index in [4.69, 9.17) is 5.73 Å². The van der Waals surface area contributed by atoms with E-state index in [9.17, 15) is 9.59 Å². The number of carbonyl (C=O) groups is 2. The molecular formula is C29H36N4O2. The van der Waals surface area contributed by atoms with Gasteiger partial charge in [0.2, 0.25) is 5.91 Å². The monoisotopic (exact) mass is 472 g/mol. The predicted octanol–water partition coefficient (Wildman–Crippen LogP) is 3.67. The van der Waals surface area contributed by atoms with E-state index in [1.54, 1.807) is 0 Å². The Hall–Kier alpha value is -3.22. The first-order chi connectivity index (χ1) is 17.0. The number of carbonyl (C=O) groups excluding carboxylic acids is 2. The van der Waals surface area contributed by atoms with E-state index in [0.29, 0.717) is 38.2 Å². The molecule has 1 heterocycles. The number of nitrogens with two attached hydrogens (primary N) is 1. The summed E-state index contributed by atoms with van der Waals surface area (Å²) in [5.41, 5.74) is 7.63. The van der Waals surface area contributed by atoms with Gasteiger partial charge in [-0.15, -0.1) is 0 Å². The molecule has 1 aliphatic rings. The lowest BCUT2D eigenvalue weighted by atomic mass is 10.00. The molecule has 3 aromatic rings. The molecule has 6 heteroatoms. The third-order valence-corrected chi connectivity index (χ3v) is 6.87. The summed E-state index contributed by atoms with van der Waals surface area (Å²) in [4.78, 5) is 28.2. The van der Waals surface area contributed by atoms with Crippen molar-refractivity contribution in [3.63, 3.8) is 0 Å². The Balaban J connectivity index is 1.40. The van der Waals surface area contributed by atoms with Crippen molar-refractivity contribution in [3.8, 4) is 0 Å². The molecule has 3 aromatic carbocycles. The fourth-order valence-corrected chi connectivity index (χ4v) is 4.82. The Morgan fingerprint density at radius 2 is 1.83 bits per heavy atom. The Kier molecular flexibility index (Phi) is 8.50. The molecule has 4 N–H and O–H groups in total. The molecule has 35 heavy (non-hydrogen) atoms. The first-order valence-electron chi connectivity index (χ1n) is 12.6. The highest BCUT2D eigenvalue weighted by atomic mass is 16.2. The quantitative estimate of drug-likeness (QED) is 0.443. The minimum atomic E-state index is -0.286. The molecule has 1 aliphatic heterocycles. The second kappa shape index (κ2) is 12.0. The molecule has 2 amide bonds. The molecule has 4 rings (SSSR count). The van der Waals surface area contributed by atoms with Crippen molar-refractivity contribution in [2.75, 3.05) is 26.2 Å². The van der Waals surface area contributed by atoms with Crippen molar-refractivity contribution in [1.82, 2.24) is 15.5 Å². The van der Waals surface area contributed by atoms with Crippen LogP contribution in [0.5, 0.6) is 0 Å². The lowest BCUT2D eigenvalue weighted by molar-refractivity contribution is -0.133. The minimum Gasteiger partial charge on any atom is -0.350 e. The molecular weight excluding hydrogens is 436 g/mol. The van der Waals surface area contributed by atoms with Crippen molar-refractivity contribution < 1.29 is 9.59 Å². The number of nitrogens with one attached hydrogen (secondary N) is 2. The smallest absolute Gasteiger partial charge is 0.251 e. The molecule has 6 nitrogen and oxygen atoms in total. The summed E-state index contributed by atoms with van der Waals surface area (Å²) in [6.45, 7) is 4.53. The molecule has 1 saturated heterocycles. The molecule has 0 radical (unpaired) electrons. The number of fused-ring (bicyclic) bond motifs is 1. The normalized spacial score (nSPS) is 19.4. The second-order valence-electron chi connectivity index (χ2n) is 9.50. The second-order valence-corrected chi connectivity index (χ2v) is 9.50. The Morgan fingerprint density at radius 3 is 2.60 bits per heavy atom. The lowest BCUT2D eigenvalue weighted by Gasteiger charge is -2.27. The van der Waals surface area contributed by atoms with Gasteiger partial charge in [0, 0.05) is 31.2 Å². The first-order valence-corrected chi connectivity index (χ1v) is 12.6. The van der Waals surface area contributed by atoms with Gasteiger partial charge >= 0.3 is 0 Å². The van der Waals surface area contributed by atoms with Gasteiger partial charge in [0.1, 0.15) is 0 Å². The van der Waals surface area contributed by atoms with Crippen LogP contribution in [0.2, 0.25) is 0 Å². The summed E-state index contributed by atoms with van der Waals surface area (Å²) in [7, 11) is 0. The molecule has 1 fully saturated rings. The average Bonchev–Trinajstić information content (AvgIpc) is 3.04. The van der Waals surface area contributed by atoms with E-state index in [-0.39, 0.29) is 29.8 Å². The fourth-order valence-electron chi connectivity index (χ4n) is 4.82. The minimum absolute atomic E-state index is 0.0168. The number of amides is 2. The Morgan fingerprint density at radius 1 is 1.09 bits per heavy atom. The topological polar surface area (TPSA) is 87.5 Å². The maximum absolute atomic E-state index is 13.4. The van der Waals surface area contributed by atoms with Crippen LogP contribution in [-0.2, 0) is 4.79 Å². The molecule has 0 spiro atoms. The van der Waals surface area contributed by atoms with Crippen molar-refractivity contribution in [2.45, 2.75) is 44.2 Å². The summed E-state index contributed by atoms with van der Waals surface area (Å²) in [5.74, 6) is 0.283. The van der Waals surface area contributed by atoms with Gasteiger partial charge in [-0.2, -0.15) is 0 Å². The molecule has 0 aromatic heterocycles. The first kappa shape index (κ1) is 24.9. The standard InChI is InChI=1S/C29H36N4O2/c1-21(22-8-3-2-4-9-22)20-33-17-15-26(32-27(29(33)35)12-7-16-30)19-31-28(34)25-14-13-23-10-5-6-11-24(23)18-25/h2-6,8-11,13-14,18,21,26-27,32H,7,12,15-17,19-20,30H2,1H3,(H,31,34)/t21-,26-,27-/m0/s1. The number of hydrogen-bond acceptors (Lipinski definition) is 4. The summed E-state index contributed by atoms with van der Waals surface area (Å²) in [6.07, 6.45) is 2.26. The highest BCUT2D eigenvalue weighted by Gasteiger charge is 2.31. The molecule has 3 atom stereocenters. The van der Waals surface area contributed by atoms with E-state index >= 15 is 0 Å². The van der Waals surface area contributed by atoms with Crippen LogP contribution in [0.15, 0.2) is 72.8 Å². The third-order valence-electron chi connectivity index (χ3n) is 6.87. The maximum Gasteiger partial charge on any atom is 0.251 e. The van der Waals surface area contributed by atoms with E-state index in [0.717, 1.165) is 23.6 Å². The van der Waals surface area contributed by atoms with Crippen LogP contribution in [0.3, 0.4) is 0 Å². The molecule has 0 saturated carbocycles. The van der Waals surface area contributed by atoms with Gasteiger partial charge in [-0.25, -0.2) is 0 Å². The van der Waals surface area contributed by atoms with Crippen LogP contribution in [-0.4, -0.2) is 55.0 Å². The molecule has 0 bridgehead atoms. The van der Waals surface area contributed by atoms with Crippen LogP contribution >= 0.6 is 0 Å². The van der Waals surface area contributed by atoms with Crippen molar-refractivity contribution in [1.29, 1.82) is 0 Å². The largest absolute Gasteiger partial charge is 0.350 e. The van der Waals surface area contributed by atoms with Gasteiger partial charge in [-0.1, -0.05) is 67.6 Å². The van der Waals surface area contributed by atoms with Gasteiger partial charge in [0.25, 0.3) is 5.91 Å². The third kappa shape index (κ3) is 6.47. The van der Waals surface area contributed by atoms with Gasteiger partial charge in [0.05, 0.1) is 6.04 Å². The van der Waals surface area contributed by atoms with Gasteiger partial charge in [-0.3, -0.25) is 9.59 Å². The van der Waals surface area contributed by atoms with Gasteiger partial charge in [0.15, 0.2) is 0 Å². The molecule has 184 valence electrons. The summed E-state index contributed by atoms with van der Waals surface area (Å²) >= 11 is 0. The van der Waals surface area contributed by atoms with E-state index in [1.807, 2.05) is 65.6 Å². The Labute approximate surface area is 207 Å². The number of benzene rings is 3. The SMILES string of the molecule is C[C@@H](CN1CC[C@@H](CNC(=O)c2ccc3ccccc3c2)N[C@@H](CCCN)C1=O)c1ccccc1. The highest BCUT2D eigenvalue weighted by molar-refractivity contribution is 5.98. The van der Waals surface area contributed by atoms with Crippen LogP contribution < -0.4 is 16.4 Å². The molecule has 0 unspecified atom stereocenters. The number of nitrogens with zero attached hydrogens (tertiary/aromatic N) is 1. The highest BCUT2D eigenvalue weighted by Crippen LogP contribution is 2.20. The van der Waals surface area contributed by atoms with Crippen LogP contribution in [0, 0.1) is 0 Å². The summed E-state index contributed by atoms with van der Waals surface area (Å²) in [6, 6.07) is 23.8. The van der Waals surface area contributed by atoms with Crippen molar-refractivity contribution >= 4 is 22.6 Å². The van der Waals surface area contributed by atoms with Crippen LogP contribution in [0.4, 0.5) is 0 Å². The average molecular weight is 473 g/mol. The van der Waals surface area contributed by atoms with Crippen molar-refractivity contribution in [2.24, 2.45) is 5.73 Å². The number of rotatable bonds is 9. The Bertz CT molecular complexity index is 1130. The maximum atomic E-state index is 13.4. The fraction of sp³-hybridized carbons (Fsp3) is 0.379. The summed E-state index contributed by atoms with van der Waals surface area (Å²) in [5, 5.41) is 8.75. The lowest BCUT2D eigenvalue weighted by Crippen LogP contribution is -2.49. The predicted molar refractivity (Wildman–Crippen MR) is 141 cm³/mol. The van der Waals surface area contributed by atoms with E-state index in [1.165, 1.54) is 5.56 Å². The van der Waals surface area contributed by atoms with E-state index < -0.39 is 0 Å². The van der Waals surface area contributed by atoms with Gasteiger partial charge in [-0.05, 0) is 60.2 Å². The zero-order chi connectivity index (χ0) is 24.6. The van der Waals surface area contributed by atoms with Crippen LogP contribution in [0.1, 0.15) is 48.0 Å². The van der Waals surface area contributed by atoms with Gasteiger partial charge < -0.3 is 21.3 Å². The zero-order valence-corrected chi connectivity index (χ0v) is 20.5. The van der Waals surface area contributed by atoms with E-state index in [2.05, 4.69) is 29.7 Å². The zero-order valence-electron chi connectivity index (χ0n) is 20.5. The number of hydrogen-bond donors (Lipinski definition) is 3. The summed E-state index contributed by atoms with van der Waals surface area (Å²) < 4.78 is 0. The molecule has 0 aliphatic carbocycles. The van der Waals surface area contributed by atoms with Crippen LogP contribution in [0.25, 0.3) is 10.8 Å². The van der Waals surface area contributed by atoms with Crippen molar-refractivity contribution in [3.05, 3.63) is 83.9 Å².